The van der Waals surface area contributed by atoms with E-state index in [0.29, 0.717) is 0 Å². The van der Waals surface area contributed by atoms with Gasteiger partial charge in [0.15, 0.2) is 12.6 Å². The topological polar surface area (TPSA) is 179 Å². The first-order valence-electron chi connectivity index (χ1n) is 13.0. The highest BCUT2D eigenvalue weighted by Crippen LogP contribution is 2.30. The van der Waals surface area contributed by atoms with Gasteiger partial charge in [0, 0.05) is 0 Å². The molecule has 0 bridgehead atoms. The molecule has 11 atom stereocenters. The van der Waals surface area contributed by atoms with Crippen molar-refractivity contribution in [1.29, 1.82) is 0 Å². The van der Waals surface area contributed by atoms with E-state index in [1.807, 2.05) is 6.92 Å². The summed E-state index contributed by atoms with van der Waals surface area (Å²) in [5.41, 5.74) is 0. The second kappa shape index (κ2) is 15.7. The minimum atomic E-state index is -1.70. The summed E-state index contributed by atoms with van der Waals surface area (Å²) in [6.45, 7) is 2.98. The van der Waals surface area contributed by atoms with Crippen molar-refractivity contribution < 1.29 is 54.7 Å². The fraction of sp³-hybridized carbons (Fsp3) is 1.00. The lowest BCUT2D eigenvalue weighted by Gasteiger charge is -2.46. The Bertz CT molecular complexity index is 564. The Balaban J connectivity index is 1.98. The van der Waals surface area contributed by atoms with Gasteiger partial charge in [0.2, 0.25) is 0 Å². The lowest BCUT2D eigenvalue weighted by Crippen LogP contribution is -2.64. The Kier molecular flexibility index (Phi) is 13.8. The van der Waals surface area contributed by atoms with Crippen LogP contribution in [0.1, 0.15) is 71.6 Å². The molecule has 35 heavy (non-hydrogen) atoms. The maximum atomic E-state index is 10.8. The molecule has 11 heteroatoms. The van der Waals surface area contributed by atoms with Crippen molar-refractivity contribution in [2.75, 3.05) is 13.2 Å². The lowest BCUT2D eigenvalue weighted by atomic mass is 9.97. The molecule has 2 fully saturated rings. The third kappa shape index (κ3) is 8.54. The van der Waals surface area contributed by atoms with Gasteiger partial charge in [-0.05, 0) is 12.8 Å². The summed E-state index contributed by atoms with van der Waals surface area (Å²) in [5.74, 6) is 0. The smallest absolute Gasteiger partial charge is 0.187 e. The molecular formula is C24H46O11. The lowest BCUT2D eigenvalue weighted by molar-refractivity contribution is -0.363. The van der Waals surface area contributed by atoms with Crippen LogP contribution in [0.3, 0.4) is 0 Å². The largest absolute Gasteiger partial charge is 0.394 e. The molecule has 0 aromatic heterocycles. The SMILES string of the molecule is CCCCCCCCC(CCC)O[C@@H]1O[C@H](CO)[C@@H](O[C@H]2O[C@H](CO)[C@@H](O)[C@H](O)[C@H]2O)[C@H](O)[C@H]1O. The predicted octanol–water partition coefficient (Wildman–Crippen LogP) is -0.454. The molecule has 2 heterocycles. The normalized spacial score (nSPS) is 39.0. The van der Waals surface area contributed by atoms with Crippen LogP contribution >= 0.6 is 0 Å². The van der Waals surface area contributed by atoms with Crippen molar-refractivity contribution in [3.05, 3.63) is 0 Å². The third-order valence-electron chi connectivity index (χ3n) is 6.78. The quantitative estimate of drug-likeness (QED) is 0.142. The van der Waals surface area contributed by atoms with Crippen molar-refractivity contribution in [2.24, 2.45) is 0 Å². The first-order chi connectivity index (χ1) is 16.8. The molecule has 0 aromatic carbocycles. The molecule has 0 amide bonds. The van der Waals surface area contributed by atoms with Crippen LogP contribution in [0.2, 0.25) is 0 Å². The molecule has 0 aromatic rings. The molecule has 0 radical (unpaired) electrons. The molecule has 1 unspecified atom stereocenters. The minimum Gasteiger partial charge on any atom is -0.394 e. The van der Waals surface area contributed by atoms with Crippen molar-refractivity contribution in [2.45, 2.75) is 139 Å². The summed E-state index contributed by atoms with van der Waals surface area (Å²) in [5, 5.41) is 70.8. The molecule has 0 spiro atoms. The molecule has 7 N–H and O–H groups in total. The van der Waals surface area contributed by atoms with Gasteiger partial charge in [0.25, 0.3) is 0 Å². The summed E-state index contributed by atoms with van der Waals surface area (Å²) in [6, 6.07) is 0. The van der Waals surface area contributed by atoms with Crippen LogP contribution in [-0.2, 0) is 18.9 Å². The van der Waals surface area contributed by atoms with E-state index in [1.165, 1.54) is 19.3 Å². The van der Waals surface area contributed by atoms with E-state index in [1.54, 1.807) is 0 Å². The fourth-order valence-corrected chi connectivity index (χ4v) is 4.61. The van der Waals surface area contributed by atoms with Crippen LogP contribution in [-0.4, -0.2) is 116 Å². The number of hydrogen-bond acceptors (Lipinski definition) is 11. The number of rotatable bonds is 15. The zero-order chi connectivity index (χ0) is 26.0. The number of aliphatic hydroxyl groups is 7. The Morgan fingerprint density at radius 2 is 1.23 bits per heavy atom. The van der Waals surface area contributed by atoms with Gasteiger partial charge in [0.05, 0.1) is 19.3 Å². The van der Waals surface area contributed by atoms with Gasteiger partial charge in [-0.2, -0.15) is 0 Å². The van der Waals surface area contributed by atoms with Crippen LogP contribution in [0, 0.1) is 0 Å². The molecule has 2 rings (SSSR count). The first-order valence-corrected chi connectivity index (χ1v) is 13.0. The van der Waals surface area contributed by atoms with Crippen molar-refractivity contribution >= 4 is 0 Å². The molecule has 2 saturated heterocycles. The zero-order valence-electron chi connectivity index (χ0n) is 20.9. The van der Waals surface area contributed by atoms with E-state index in [-0.39, 0.29) is 6.10 Å². The summed E-state index contributed by atoms with van der Waals surface area (Å²) < 4.78 is 22.7. The number of hydrogen-bond donors (Lipinski definition) is 7. The molecule has 2 aliphatic heterocycles. The Morgan fingerprint density at radius 3 is 1.86 bits per heavy atom. The summed E-state index contributed by atoms with van der Waals surface area (Å²) >= 11 is 0. The van der Waals surface area contributed by atoms with E-state index in [2.05, 4.69) is 6.92 Å². The monoisotopic (exact) mass is 510 g/mol. The zero-order valence-corrected chi connectivity index (χ0v) is 20.9. The minimum absolute atomic E-state index is 0.180. The maximum Gasteiger partial charge on any atom is 0.187 e. The van der Waals surface area contributed by atoms with Crippen molar-refractivity contribution in [3.63, 3.8) is 0 Å². The van der Waals surface area contributed by atoms with E-state index >= 15 is 0 Å². The summed E-state index contributed by atoms with van der Waals surface area (Å²) in [6.07, 6.45) is -5.30. The number of ether oxygens (including phenoxy) is 4. The highest BCUT2D eigenvalue weighted by Gasteiger charge is 2.51. The summed E-state index contributed by atoms with van der Waals surface area (Å²) in [7, 11) is 0. The van der Waals surface area contributed by atoms with Gasteiger partial charge in [-0.25, -0.2) is 0 Å². The average Bonchev–Trinajstić information content (AvgIpc) is 2.85. The molecule has 208 valence electrons. The predicted molar refractivity (Wildman–Crippen MR) is 124 cm³/mol. The van der Waals surface area contributed by atoms with Gasteiger partial charge in [-0.15, -0.1) is 0 Å². The van der Waals surface area contributed by atoms with E-state index < -0.39 is 74.6 Å². The average molecular weight is 511 g/mol. The van der Waals surface area contributed by atoms with E-state index in [4.69, 9.17) is 18.9 Å². The van der Waals surface area contributed by atoms with E-state index in [0.717, 1.165) is 38.5 Å². The Hall–Kier alpha value is -0.440. The van der Waals surface area contributed by atoms with E-state index in [9.17, 15) is 35.7 Å². The van der Waals surface area contributed by atoms with Crippen LogP contribution in [0.25, 0.3) is 0 Å². The molecule has 0 aliphatic carbocycles. The van der Waals surface area contributed by atoms with Crippen molar-refractivity contribution in [1.82, 2.24) is 0 Å². The Morgan fingerprint density at radius 1 is 0.629 bits per heavy atom. The highest BCUT2D eigenvalue weighted by molar-refractivity contribution is 4.94. The second-order valence-corrected chi connectivity index (χ2v) is 9.61. The highest BCUT2D eigenvalue weighted by atomic mass is 16.7. The Labute approximate surface area is 207 Å². The van der Waals surface area contributed by atoms with Crippen LogP contribution in [0.15, 0.2) is 0 Å². The number of aliphatic hydroxyl groups excluding tert-OH is 7. The maximum absolute atomic E-state index is 10.8. The molecule has 2 aliphatic rings. The third-order valence-corrected chi connectivity index (χ3v) is 6.78. The van der Waals surface area contributed by atoms with Crippen LogP contribution in [0.5, 0.6) is 0 Å². The summed E-state index contributed by atoms with van der Waals surface area (Å²) in [4.78, 5) is 0. The molecular weight excluding hydrogens is 464 g/mol. The second-order valence-electron chi connectivity index (χ2n) is 9.61. The van der Waals surface area contributed by atoms with Gasteiger partial charge in [-0.3, -0.25) is 0 Å². The van der Waals surface area contributed by atoms with Gasteiger partial charge < -0.3 is 54.7 Å². The van der Waals surface area contributed by atoms with Crippen LogP contribution < -0.4 is 0 Å². The molecule has 11 nitrogen and oxygen atoms in total. The number of unbranched alkanes of at least 4 members (excludes halogenated alkanes) is 5. The molecule has 0 saturated carbocycles. The van der Waals surface area contributed by atoms with Gasteiger partial charge in [0.1, 0.15) is 48.8 Å². The van der Waals surface area contributed by atoms with Gasteiger partial charge >= 0.3 is 0 Å². The fourth-order valence-electron chi connectivity index (χ4n) is 4.61. The first kappa shape index (κ1) is 30.8. The van der Waals surface area contributed by atoms with Gasteiger partial charge in [-0.1, -0.05) is 58.8 Å². The van der Waals surface area contributed by atoms with Crippen molar-refractivity contribution in [3.8, 4) is 0 Å². The standard InChI is InChI=1S/C24H46O11/c1-3-5-6-7-8-9-11-14(10-4-2)32-23-21(31)19(29)22(16(13-26)34-23)35-24-20(30)18(28)17(27)15(12-25)33-24/h14-31H,3-13H2,1-2H3/t14?,15-,16-,17-,18+,19-,20-,21-,22-,23-,24-/m1/s1. The van der Waals surface area contributed by atoms with Crippen LogP contribution in [0.4, 0.5) is 0 Å².